The lowest BCUT2D eigenvalue weighted by molar-refractivity contribution is 0.188. The first-order valence-corrected chi connectivity index (χ1v) is 8.66. The van der Waals surface area contributed by atoms with Crippen molar-refractivity contribution in [3.8, 4) is 0 Å². The molecular formula is C16H29ClN4. The Morgan fingerprint density at radius 3 is 2.71 bits per heavy atom. The highest BCUT2D eigenvalue weighted by Crippen LogP contribution is 2.24. The van der Waals surface area contributed by atoms with E-state index < -0.39 is 0 Å². The molecule has 0 amide bonds. The fourth-order valence-electron chi connectivity index (χ4n) is 3.01. The summed E-state index contributed by atoms with van der Waals surface area (Å²) >= 11 is 6.55. The molecule has 1 fully saturated rings. The molecule has 21 heavy (non-hydrogen) atoms. The monoisotopic (exact) mass is 312 g/mol. The molecular weight excluding hydrogens is 284 g/mol. The van der Waals surface area contributed by atoms with Gasteiger partial charge in [-0.2, -0.15) is 5.10 Å². The number of nitrogens with one attached hydrogen (secondary N) is 1. The second-order valence-corrected chi connectivity index (χ2v) is 6.57. The summed E-state index contributed by atoms with van der Waals surface area (Å²) in [6.07, 6.45) is 3.47. The highest BCUT2D eigenvalue weighted by molar-refractivity contribution is 6.31. The highest BCUT2D eigenvalue weighted by Gasteiger charge is 2.23. The van der Waals surface area contributed by atoms with Crippen LogP contribution in [0.2, 0.25) is 5.02 Å². The van der Waals surface area contributed by atoms with E-state index in [-0.39, 0.29) is 0 Å². The number of aryl methyl sites for hydroxylation is 2. The van der Waals surface area contributed by atoms with E-state index in [0.29, 0.717) is 12.1 Å². The minimum atomic E-state index is 0.508. The molecule has 5 heteroatoms. The van der Waals surface area contributed by atoms with Crippen molar-refractivity contribution >= 4 is 11.6 Å². The predicted molar refractivity (Wildman–Crippen MR) is 88.9 cm³/mol. The third-order valence-electron chi connectivity index (χ3n) is 4.39. The van der Waals surface area contributed by atoms with Crippen molar-refractivity contribution < 1.29 is 0 Å². The van der Waals surface area contributed by atoms with Crippen molar-refractivity contribution in [1.29, 1.82) is 0 Å². The summed E-state index contributed by atoms with van der Waals surface area (Å²) in [6.45, 7) is 12.8. The lowest BCUT2D eigenvalue weighted by Crippen LogP contribution is -2.41. The fraction of sp³-hybridized carbons (Fsp3) is 0.812. The van der Waals surface area contributed by atoms with Crippen LogP contribution in [-0.2, 0) is 19.5 Å². The molecule has 1 aliphatic heterocycles. The van der Waals surface area contributed by atoms with E-state index in [9.17, 15) is 0 Å². The summed E-state index contributed by atoms with van der Waals surface area (Å²) in [4.78, 5) is 2.51. The van der Waals surface area contributed by atoms with E-state index in [1.165, 1.54) is 18.5 Å². The lowest BCUT2D eigenvalue weighted by Gasteiger charge is -2.29. The molecule has 0 bridgehead atoms. The van der Waals surface area contributed by atoms with Gasteiger partial charge in [0.1, 0.15) is 0 Å². The summed E-state index contributed by atoms with van der Waals surface area (Å²) in [5.74, 6) is 0. The minimum Gasteiger partial charge on any atom is -0.313 e. The van der Waals surface area contributed by atoms with Gasteiger partial charge in [-0.1, -0.05) is 18.5 Å². The molecule has 0 spiro atoms. The van der Waals surface area contributed by atoms with Crippen molar-refractivity contribution in [1.82, 2.24) is 20.0 Å². The van der Waals surface area contributed by atoms with Gasteiger partial charge in [0.05, 0.1) is 16.4 Å². The molecule has 1 aliphatic rings. The second-order valence-electron chi connectivity index (χ2n) is 6.19. The maximum Gasteiger partial charge on any atom is 0.0863 e. The van der Waals surface area contributed by atoms with Crippen molar-refractivity contribution in [3.05, 3.63) is 16.4 Å². The third kappa shape index (κ3) is 3.99. The van der Waals surface area contributed by atoms with Crippen LogP contribution in [-0.4, -0.2) is 39.9 Å². The molecule has 4 nitrogen and oxygen atoms in total. The van der Waals surface area contributed by atoms with E-state index in [2.05, 4.69) is 47.7 Å². The average molecular weight is 313 g/mol. The van der Waals surface area contributed by atoms with Crippen LogP contribution in [0.3, 0.4) is 0 Å². The normalized spacial score (nSPS) is 19.1. The van der Waals surface area contributed by atoms with Gasteiger partial charge in [0.2, 0.25) is 0 Å². The zero-order chi connectivity index (χ0) is 15.4. The topological polar surface area (TPSA) is 33.1 Å². The Morgan fingerprint density at radius 2 is 2.19 bits per heavy atom. The fourth-order valence-corrected chi connectivity index (χ4v) is 3.34. The van der Waals surface area contributed by atoms with E-state index in [4.69, 9.17) is 11.6 Å². The molecule has 1 unspecified atom stereocenters. The zero-order valence-electron chi connectivity index (χ0n) is 13.8. The van der Waals surface area contributed by atoms with Crippen LogP contribution in [0, 0.1) is 0 Å². The number of rotatable bonds is 7. The van der Waals surface area contributed by atoms with Crippen LogP contribution in [0.1, 0.15) is 51.9 Å². The van der Waals surface area contributed by atoms with Crippen molar-refractivity contribution in [2.24, 2.45) is 0 Å². The molecule has 0 radical (unpaired) electrons. The van der Waals surface area contributed by atoms with Gasteiger partial charge in [0.15, 0.2) is 0 Å². The molecule has 0 aromatic carbocycles. The maximum absolute atomic E-state index is 6.55. The Bertz CT molecular complexity index is 449. The van der Waals surface area contributed by atoms with E-state index in [1.54, 1.807) is 0 Å². The highest BCUT2D eigenvalue weighted by atomic mass is 35.5. The van der Waals surface area contributed by atoms with Crippen molar-refractivity contribution in [2.45, 2.75) is 72.1 Å². The maximum atomic E-state index is 6.55. The third-order valence-corrected chi connectivity index (χ3v) is 4.83. The van der Waals surface area contributed by atoms with Crippen LogP contribution in [0.4, 0.5) is 0 Å². The van der Waals surface area contributed by atoms with E-state index in [1.807, 2.05) is 0 Å². The van der Waals surface area contributed by atoms with Gasteiger partial charge >= 0.3 is 0 Å². The van der Waals surface area contributed by atoms with Crippen molar-refractivity contribution in [2.75, 3.05) is 13.1 Å². The molecule has 1 aromatic rings. The number of hydrogen-bond acceptors (Lipinski definition) is 3. The van der Waals surface area contributed by atoms with Gasteiger partial charge in [0, 0.05) is 31.7 Å². The number of hydrogen-bond donors (Lipinski definition) is 1. The molecule has 2 heterocycles. The summed E-state index contributed by atoms with van der Waals surface area (Å²) in [5.41, 5.74) is 2.19. The van der Waals surface area contributed by atoms with Gasteiger partial charge in [-0.05, 0) is 46.6 Å². The summed E-state index contributed by atoms with van der Waals surface area (Å²) in [5, 5.41) is 9.09. The first-order chi connectivity index (χ1) is 10.1. The van der Waals surface area contributed by atoms with Gasteiger partial charge in [0.25, 0.3) is 0 Å². The Hall–Kier alpha value is -0.580. The summed E-state index contributed by atoms with van der Waals surface area (Å²) in [7, 11) is 0. The average Bonchev–Trinajstić information content (AvgIpc) is 3.07. The van der Waals surface area contributed by atoms with Crippen LogP contribution < -0.4 is 5.32 Å². The van der Waals surface area contributed by atoms with Crippen LogP contribution in [0.15, 0.2) is 0 Å². The van der Waals surface area contributed by atoms with Gasteiger partial charge in [-0.25, -0.2) is 0 Å². The molecule has 0 aliphatic carbocycles. The molecule has 1 aromatic heterocycles. The lowest BCUT2D eigenvalue weighted by atomic mass is 10.1. The van der Waals surface area contributed by atoms with Gasteiger partial charge in [-0.15, -0.1) is 0 Å². The molecule has 1 N–H and O–H groups in total. The molecule has 120 valence electrons. The summed E-state index contributed by atoms with van der Waals surface area (Å²) in [6, 6.07) is 1.13. The quantitative estimate of drug-likeness (QED) is 0.840. The molecule has 1 atom stereocenters. The zero-order valence-corrected chi connectivity index (χ0v) is 14.6. The van der Waals surface area contributed by atoms with Crippen LogP contribution >= 0.6 is 11.6 Å². The van der Waals surface area contributed by atoms with Gasteiger partial charge in [-0.3, -0.25) is 9.58 Å². The number of halogens is 1. The smallest absolute Gasteiger partial charge is 0.0863 e. The Kier molecular flexibility index (Phi) is 6.08. The standard InChI is InChI=1S/C16H29ClN4/c1-5-14-16(17)15(21(6-2)19-14)11-20(12(3)4)10-13-8-7-9-18-13/h12-13,18H,5-11H2,1-4H3. The number of aromatic nitrogens is 2. The first kappa shape index (κ1) is 16.8. The van der Waals surface area contributed by atoms with Crippen molar-refractivity contribution in [3.63, 3.8) is 0 Å². The van der Waals surface area contributed by atoms with Gasteiger partial charge < -0.3 is 5.32 Å². The molecule has 2 rings (SSSR count). The first-order valence-electron chi connectivity index (χ1n) is 8.28. The molecule has 1 saturated heterocycles. The SMILES string of the molecule is CCc1nn(CC)c(CN(CC2CCCN2)C(C)C)c1Cl. The van der Waals surface area contributed by atoms with Crippen LogP contribution in [0.5, 0.6) is 0 Å². The van der Waals surface area contributed by atoms with Crippen LogP contribution in [0.25, 0.3) is 0 Å². The Morgan fingerprint density at radius 1 is 1.43 bits per heavy atom. The Balaban J connectivity index is 2.13. The minimum absolute atomic E-state index is 0.508. The summed E-state index contributed by atoms with van der Waals surface area (Å²) < 4.78 is 2.07. The largest absolute Gasteiger partial charge is 0.313 e. The number of nitrogens with zero attached hydrogens (tertiary/aromatic N) is 3. The second kappa shape index (κ2) is 7.61. The van der Waals surface area contributed by atoms with E-state index >= 15 is 0 Å². The Labute approximate surface area is 133 Å². The van der Waals surface area contributed by atoms with E-state index in [0.717, 1.165) is 43.3 Å². The molecule has 0 saturated carbocycles. The predicted octanol–water partition coefficient (Wildman–Crippen LogP) is 3.08.